The van der Waals surface area contributed by atoms with E-state index in [-0.39, 0.29) is 31.7 Å². The molecule has 4 aromatic rings. The molecule has 0 unspecified atom stereocenters. The number of Topliss-reactive ketones (excluding diaryl/α,β-unsaturated/α-hetero) is 1. The monoisotopic (exact) mass is 755 g/mol. The molecule has 13 heteroatoms. The minimum atomic E-state index is -3.35. The molecule has 1 saturated heterocycles. The van der Waals surface area contributed by atoms with Crippen molar-refractivity contribution < 1.29 is 48.0 Å². The van der Waals surface area contributed by atoms with Crippen molar-refractivity contribution in [3.63, 3.8) is 0 Å². The highest BCUT2D eigenvalue weighted by Gasteiger charge is 2.56. The SMILES string of the molecule is C=CCOC(=O)OCc1ccc(C(=O)C[C@@H]2[C@@H]([C@@H](C)OC(=O)OCC=C)C(=O)N2C(C(=O)O)=P(c2ccccc2)(c2ccccc2)c2ccccc2)s1. The number of carbonyl (C=O) groups excluding carboxylic acids is 4. The molecule has 1 fully saturated rings. The van der Waals surface area contributed by atoms with Crippen LogP contribution in [0.3, 0.4) is 0 Å². The first-order chi connectivity index (χ1) is 25.6. The molecule has 1 aromatic heterocycles. The number of nitrogens with zero attached hydrogens (tertiary/aromatic N) is 1. The van der Waals surface area contributed by atoms with Crippen LogP contribution >= 0.6 is 18.2 Å². The third kappa shape index (κ3) is 8.35. The summed E-state index contributed by atoms with van der Waals surface area (Å²) in [7, 11) is 0. The Balaban J connectivity index is 1.65. The molecule has 3 atom stereocenters. The molecule has 5 rings (SSSR count). The van der Waals surface area contributed by atoms with E-state index in [2.05, 4.69) is 13.2 Å². The number of benzene rings is 3. The maximum absolute atomic E-state index is 14.5. The molecular formula is C40H38NO10PS. The number of aliphatic carboxylic acids is 1. The van der Waals surface area contributed by atoms with Gasteiger partial charge >= 0.3 is 18.3 Å². The van der Waals surface area contributed by atoms with Crippen LogP contribution in [0, 0.1) is 5.92 Å². The lowest BCUT2D eigenvalue weighted by Gasteiger charge is -2.50. The molecule has 0 spiro atoms. The van der Waals surface area contributed by atoms with Crippen LogP contribution in [0.2, 0.25) is 0 Å². The maximum atomic E-state index is 14.5. The average molecular weight is 756 g/mol. The van der Waals surface area contributed by atoms with E-state index in [9.17, 15) is 29.1 Å². The summed E-state index contributed by atoms with van der Waals surface area (Å²) in [5.74, 6) is -3.43. The Morgan fingerprint density at radius 1 is 0.792 bits per heavy atom. The van der Waals surface area contributed by atoms with E-state index in [0.717, 1.165) is 11.3 Å². The zero-order valence-electron chi connectivity index (χ0n) is 28.9. The van der Waals surface area contributed by atoms with Crippen LogP contribution in [0.25, 0.3) is 0 Å². The van der Waals surface area contributed by atoms with Gasteiger partial charge in [0, 0.05) is 18.2 Å². The van der Waals surface area contributed by atoms with Crippen molar-refractivity contribution in [2.75, 3.05) is 13.2 Å². The molecule has 0 bridgehead atoms. The Morgan fingerprint density at radius 2 is 1.30 bits per heavy atom. The smallest absolute Gasteiger partial charge is 0.477 e. The summed E-state index contributed by atoms with van der Waals surface area (Å²) in [6.45, 7) is 4.88. The average Bonchev–Trinajstić information content (AvgIpc) is 3.65. The Morgan fingerprint density at radius 3 is 1.79 bits per heavy atom. The van der Waals surface area contributed by atoms with Crippen molar-refractivity contribution in [1.82, 2.24) is 4.90 Å². The van der Waals surface area contributed by atoms with Gasteiger partial charge in [-0.2, -0.15) is 0 Å². The molecule has 274 valence electrons. The first-order valence-corrected chi connectivity index (χ1v) is 19.2. The van der Waals surface area contributed by atoms with E-state index in [1.807, 2.05) is 91.0 Å². The summed E-state index contributed by atoms with van der Waals surface area (Å²) in [6.07, 6.45) is -0.552. The number of rotatable bonds is 16. The lowest BCUT2D eigenvalue weighted by Crippen LogP contribution is -2.68. The summed E-state index contributed by atoms with van der Waals surface area (Å²) in [4.78, 5) is 68.7. The fraction of sp³-hybridized carbons (Fsp3) is 0.200. The zero-order chi connectivity index (χ0) is 38.0. The summed E-state index contributed by atoms with van der Waals surface area (Å²) >= 11 is 1.09. The van der Waals surface area contributed by atoms with E-state index in [0.29, 0.717) is 25.7 Å². The standard InChI is InChI=1S/C40H38NO10PS/c1-4-23-48-39(46)50-26-31-21-22-34(53-31)33(42)25-32-35(27(3)51-40(47)49-24-5-2)36(43)41(32)37(38(44)45)52(28-15-9-6-10-16-28,29-17-11-7-12-18-29)30-19-13-8-14-20-30/h4-22,27,32,35H,1-2,23-26H2,3H3,(H,44,45)/t27-,32-,35-/m1/s1. The van der Waals surface area contributed by atoms with Crippen LogP contribution in [0.1, 0.15) is 27.9 Å². The molecule has 1 aliphatic heterocycles. The predicted octanol–water partition coefficient (Wildman–Crippen LogP) is 5.92. The van der Waals surface area contributed by atoms with Crippen LogP contribution < -0.4 is 15.9 Å². The van der Waals surface area contributed by atoms with Crippen LogP contribution in [0.5, 0.6) is 0 Å². The minimum absolute atomic E-state index is 0.0172. The third-order valence-corrected chi connectivity index (χ3v) is 13.9. The Labute approximate surface area is 311 Å². The largest absolute Gasteiger partial charge is 0.508 e. The number of thiophene rings is 1. The number of carbonyl (C=O) groups is 5. The Kier molecular flexibility index (Phi) is 12.8. The predicted molar refractivity (Wildman–Crippen MR) is 204 cm³/mol. The molecule has 3 aromatic carbocycles. The summed E-state index contributed by atoms with van der Waals surface area (Å²) in [6, 6.07) is 29.7. The second kappa shape index (κ2) is 17.7. The van der Waals surface area contributed by atoms with Gasteiger partial charge in [-0.05, 0) is 35.0 Å². The zero-order valence-corrected chi connectivity index (χ0v) is 30.6. The molecule has 1 aliphatic rings. The molecular weight excluding hydrogens is 717 g/mol. The Hall–Kier alpha value is -5.71. The molecule has 1 N–H and O–H groups in total. The van der Waals surface area contributed by atoms with Crippen molar-refractivity contribution in [1.29, 1.82) is 0 Å². The summed E-state index contributed by atoms with van der Waals surface area (Å²) in [5, 5.41) is 13.3. The number of hydrogen-bond acceptors (Lipinski definition) is 10. The van der Waals surface area contributed by atoms with Crippen molar-refractivity contribution in [2.24, 2.45) is 5.92 Å². The third-order valence-electron chi connectivity index (χ3n) is 8.53. The van der Waals surface area contributed by atoms with Gasteiger partial charge < -0.3 is 29.0 Å². The number of β-lactam (4-membered cyclic amide) rings is 1. The van der Waals surface area contributed by atoms with Crippen molar-refractivity contribution in [2.45, 2.75) is 32.1 Å². The van der Waals surface area contributed by atoms with Crippen LogP contribution in [0.4, 0.5) is 9.59 Å². The lowest BCUT2D eigenvalue weighted by molar-refractivity contribution is -0.157. The maximum Gasteiger partial charge on any atom is 0.508 e. The molecule has 2 heterocycles. The molecule has 53 heavy (non-hydrogen) atoms. The van der Waals surface area contributed by atoms with Gasteiger partial charge in [-0.3, -0.25) is 9.59 Å². The summed E-state index contributed by atoms with van der Waals surface area (Å²) in [5.41, 5.74) is -0.181. The quantitative estimate of drug-likeness (QED) is 0.0481. The van der Waals surface area contributed by atoms with Gasteiger partial charge in [0.1, 0.15) is 31.3 Å². The van der Waals surface area contributed by atoms with Crippen LogP contribution in [0.15, 0.2) is 128 Å². The number of likely N-dealkylation sites (tertiary alicyclic amines) is 1. The highest BCUT2D eigenvalue weighted by atomic mass is 32.1. The molecule has 1 amide bonds. The molecule has 0 saturated carbocycles. The highest BCUT2D eigenvalue weighted by molar-refractivity contribution is 7.96. The number of hydrogen-bond donors (Lipinski definition) is 1. The van der Waals surface area contributed by atoms with Crippen molar-refractivity contribution >= 4 is 69.5 Å². The fourth-order valence-corrected chi connectivity index (χ4v) is 11.5. The minimum Gasteiger partial charge on any atom is -0.477 e. The second-order valence-corrected chi connectivity index (χ2v) is 16.3. The second-order valence-electron chi connectivity index (χ2n) is 11.8. The number of ketones is 1. The van der Waals surface area contributed by atoms with E-state index in [1.165, 1.54) is 24.0 Å². The number of carboxylic acids is 1. The first-order valence-electron chi connectivity index (χ1n) is 16.6. The van der Waals surface area contributed by atoms with Crippen molar-refractivity contribution in [3.8, 4) is 0 Å². The molecule has 0 radical (unpaired) electrons. The topological polar surface area (TPSA) is 146 Å². The van der Waals surface area contributed by atoms with E-state index in [4.69, 9.17) is 18.9 Å². The number of amides is 1. The Bertz CT molecular complexity index is 1930. The van der Waals surface area contributed by atoms with Gasteiger partial charge in [-0.1, -0.05) is 116 Å². The van der Waals surface area contributed by atoms with Gasteiger partial charge in [0.2, 0.25) is 5.91 Å². The van der Waals surface area contributed by atoms with Crippen LogP contribution in [-0.4, -0.2) is 70.8 Å². The van der Waals surface area contributed by atoms with Gasteiger partial charge in [0.25, 0.3) is 0 Å². The molecule has 11 nitrogen and oxygen atoms in total. The normalized spacial score (nSPS) is 15.6. The fourth-order valence-electron chi connectivity index (χ4n) is 6.32. The van der Waals surface area contributed by atoms with Gasteiger partial charge in [-0.25, -0.2) is 14.4 Å². The van der Waals surface area contributed by atoms with Gasteiger partial charge in [0.05, 0.1) is 16.8 Å². The van der Waals surface area contributed by atoms with Gasteiger partial charge in [-0.15, -0.1) is 11.3 Å². The van der Waals surface area contributed by atoms with E-state index in [1.54, 1.807) is 12.1 Å². The van der Waals surface area contributed by atoms with E-state index >= 15 is 0 Å². The number of carboxylic acid groups (broad SMARTS) is 1. The van der Waals surface area contributed by atoms with Crippen LogP contribution in [-0.2, 0) is 35.1 Å². The molecule has 0 aliphatic carbocycles. The number of ether oxygens (including phenoxy) is 4. The van der Waals surface area contributed by atoms with Gasteiger partial charge in [0.15, 0.2) is 5.78 Å². The lowest BCUT2D eigenvalue weighted by atomic mass is 9.80. The summed E-state index contributed by atoms with van der Waals surface area (Å²) < 4.78 is 20.4. The van der Waals surface area contributed by atoms with E-state index < -0.39 is 54.9 Å². The van der Waals surface area contributed by atoms with Crippen molar-refractivity contribution in [3.05, 3.63) is 138 Å². The first kappa shape index (κ1) is 38.5. The highest BCUT2D eigenvalue weighted by Crippen LogP contribution is 2.50.